The number of ether oxygens (including phenoxy) is 2. The first kappa shape index (κ1) is 18.1. The van der Waals surface area contributed by atoms with Gasteiger partial charge in [-0.15, -0.1) is 0 Å². The highest BCUT2D eigenvalue weighted by atomic mass is 16.7. The summed E-state index contributed by atoms with van der Waals surface area (Å²) in [6.07, 6.45) is 0.699. The Labute approximate surface area is 150 Å². The molecule has 25 heavy (non-hydrogen) atoms. The number of likely N-dealkylation sites (N-methyl/N-ethyl adjacent to an activating group) is 1. The van der Waals surface area contributed by atoms with Crippen molar-refractivity contribution in [3.05, 3.63) is 71.3 Å². The van der Waals surface area contributed by atoms with Gasteiger partial charge in [-0.05, 0) is 30.2 Å². The van der Waals surface area contributed by atoms with Crippen molar-refractivity contribution in [1.82, 2.24) is 4.90 Å². The second-order valence-corrected chi connectivity index (χ2v) is 6.81. The zero-order valence-corrected chi connectivity index (χ0v) is 15.0. The standard InChI is InChI=1S/C21H27NO3/c1-22-13-12-21(23,20(14-22)17-8-4-3-5-9-17)19-11-7-6-10-18(19)15-25-16-24-2/h3-11,20,23H,12-16H2,1-2H3/t20-,21-/m0/s1. The fourth-order valence-corrected chi connectivity index (χ4v) is 3.78. The molecule has 0 amide bonds. The van der Waals surface area contributed by atoms with E-state index in [1.54, 1.807) is 7.11 Å². The Bertz CT molecular complexity index is 676. The summed E-state index contributed by atoms with van der Waals surface area (Å²) >= 11 is 0. The van der Waals surface area contributed by atoms with E-state index in [9.17, 15) is 5.11 Å². The van der Waals surface area contributed by atoms with Crippen molar-refractivity contribution in [2.75, 3.05) is 34.0 Å². The first-order chi connectivity index (χ1) is 12.1. The number of likely N-dealkylation sites (tertiary alicyclic amines) is 1. The van der Waals surface area contributed by atoms with Crippen LogP contribution in [0.25, 0.3) is 0 Å². The molecule has 0 unspecified atom stereocenters. The summed E-state index contributed by atoms with van der Waals surface area (Å²) in [7, 11) is 3.73. The van der Waals surface area contributed by atoms with Crippen LogP contribution < -0.4 is 0 Å². The molecule has 1 aliphatic heterocycles. The third-order valence-electron chi connectivity index (χ3n) is 5.09. The van der Waals surface area contributed by atoms with Gasteiger partial charge < -0.3 is 19.5 Å². The lowest BCUT2D eigenvalue weighted by molar-refractivity contribution is -0.0523. The van der Waals surface area contributed by atoms with Crippen LogP contribution in [0, 0.1) is 0 Å². The SMILES string of the molecule is COCOCc1ccccc1[C@@]1(O)CCN(C)C[C@H]1c1ccccc1. The van der Waals surface area contributed by atoms with Crippen molar-refractivity contribution < 1.29 is 14.6 Å². The lowest BCUT2D eigenvalue weighted by Crippen LogP contribution is -2.47. The van der Waals surface area contributed by atoms with Crippen LogP contribution in [0.4, 0.5) is 0 Å². The maximum Gasteiger partial charge on any atom is 0.146 e. The molecule has 2 aromatic carbocycles. The van der Waals surface area contributed by atoms with Crippen molar-refractivity contribution in [1.29, 1.82) is 0 Å². The lowest BCUT2D eigenvalue weighted by Gasteiger charge is -2.45. The van der Waals surface area contributed by atoms with Crippen LogP contribution in [0.3, 0.4) is 0 Å². The topological polar surface area (TPSA) is 41.9 Å². The molecule has 134 valence electrons. The highest BCUT2D eigenvalue weighted by Gasteiger charge is 2.43. The largest absolute Gasteiger partial charge is 0.384 e. The van der Waals surface area contributed by atoms with E-state index in [1.807, 2.05) is 42.5 Å². The summed E-state index contributed by atoms with van der Waals surface area (Å²) in [4.78, 5) is 2.29. The molecule has 0 saturated carbocycles. The van der Waals surface area contributed by atoms with Crippen molar-refractivity contribution >= 4 is 0 Å². The van der Waals surface area contributed by atoms with E-state index in [0.29, 0.717) is 13.0 Å². The van der Waals surface area contributed by atoms with Gasteiger partial charge in [0.15, 0.2) is 0 Å². The summed E-state index contributed by atoms with van der Waals surface area (Å²) in [6.45, 7) is 2.38. The molecule has 1 fully saturated rings. The molecule has 0 spiro atoms. The zero-order chi connectivity index (χ0) is 17.7. The average molecular weight is 341 g/mol. The monoisotopic (exact) mass is 341 g/mol. The summed E-state index contributed by atoms with van der Waals surface area (Å²) in [5, 5.41) is 11.8. The fraction of sp³-hybridized carbons (Fsp3) is 0.429. The van der Waals surface area contributed by atoms with Crippen molar-refractivity contribution in [2.45, 2.75) is 24.5 Å². The Morgan fingerprint density at radius 2 is 1.84 bits per heavy atom. The minimum Gasteiger partial charge on any atom is -0.384 e. The number of hydrogen-bond acceptors (Lipinski definition) is 4. The number of methoxy groups -OCH3 is 1. The number of piperidine rings is 1. The van der Waals surface area contributed by atoms with Gasteiger partial charge in [0.2, 0.25) is 0 Å². The van der Waals surface area contributed by atoms with Gasteiger partial charge in [0.05, 0.1) is 12.2 Å². The molecule has 2 aromatic rings. The summed E-state index contributed by atoms with van der Waals surface area (Å²) < 4.78 is 10.6. The first-order valence-corrected chi connectivity index (χ1v) is 8.76. The Balaban J connectivity index is 1.97. The fourth-order valence-electron chi connectivity index (χ4n) is 3.78. The van der Waals surface area contributed by atoms with E-state index in [0.717, 1.165) is 24.2 Å². The van der Waals surface area contributed by atoms with E-state index in [-0.39, 0.29) is 12.7 Å². The van der Waals surface area contributed by atoms with E-state index in [4.69, 9.17) is 9.47 Å². The molecule has 3 rings (SSSR count). The van der Waals surface area contributed by atoms with Gasteiger partial charge in [-0.25, -0.2) is 0 Å². The molecule has 2 atom stereocenters. The maximum atomic E-state index is 11.8. The van der Waals surface area contributed by atoms with E-state index in [1.165, 1.54) is 5.56 Å². The number of benzene rings is 2. The van der Waals surface area contributed by atoms with Crippen LogP contribution >= 0.6 is 0 Å². The molecule has 1 heterocycles. The molecule has 0 aromatic heterocycles. The van der Waals surface area contributed by atoms with Crippen LogP contribution in [-0.4, -0.2) is 44.0 Å². The lowest BCUT2D eigenvalue weighted by atomic mass is 9.71. The minimum atomic E-state index is -0.902. The normalized spacial score (nSPS) is 24.4. The number of aliphatic hydroxyl groups is 1. The predicted octanol–water partition coefficient (Wildman–Crippen LogP) is 3.11. The van der Waals surface area contributed by atoms with Gasteiger partial charge in [-0.2, -0.15) is 0 Å². The number of hydrogen-bond donors (Lipinski definition) is 1. The van der Waals surface area contributed by atoms with E-state index < -0.39 is 5.60 Å². The Morgan fingerprint density at radius 3 is 2.60 bits per heavy atom. The van der Waals surface area contributed by atoms with Gasteiger partial charge in [0.25, 0.3) is 0 Å². The van der Waals surface area contributed by atoms with Crippen LogP contribution in [0.5, 0.6) is 0 Å². The molecule has 0 bridgehead atoms. The third-order valence-corrected chi connectivity index (χ3v) is 5.09. The molecular formula is C21H27NO3. The van der Waals surface area contributed by atoms with Gasteiger partial charge in [0, 0.05) is 26.1 Å². The Morgan fingerprint density at radius 1 is 1.12 bits per heavy atom. The minimum absolute atomic E-state index is 0.0241. The van der Waals surface area contributed by atoms with Crippen molar-refractivity contribution in [3.8, 4) is 0 Å². The van der Waals surface area contributed by atoms with Gasteiger partial charge in [0.1, 0.15) is 6.79 Å². The molecule has 1 saturated heterocycles. The molecule has 1 N–H and O–H groups in total. The zero-order valence-electron chi connectivity index (χ0n) is 15.0. The van der Waals surface area contributed by atoms with E-state index >= 15 is 0 Å². The van der Waals surface area contributed by atoms with Crippen LogP contribution in [0.2, 0.25) is 0 Å². The first-order valence-electron chi connectivity index (χ1n) is 8.76. The molecule has 4 nitrogen and oxygen atoms in total. The predicted molar refractivity (Wildman–Crippen MR) is 98.3 cm³/mol. The van der Waals surface area contributed by atoms with Gasteiger partial charge in [-0.1, -0.05) is 54.6 Å². The summed E-state index contributed by atoms with van der Waals surface area (Å²) in [5.74, 6) is 0.0241. The second kappa shape index (κ2) is 8.11. The highest BCUT2D eigenvalue weighted by molar-refractivity contribution is 5.38. The van der Waals surface area contributed by atoms with Crippen LogP contribution in [-0.2, 0) is 21.7 Å². The highest BCUT2D eigenvalue weighted by Crippen LogP contribution is 2.44. The molecule has 0 aliphatic carbocycles. The van der Waals surface area contributed by atoms with Crippen LogP contribution in [0.1, 0.15) is 29.0 Å². The number of rotatable bonds is 6. The Hall–Kier alpha value is -1.72. The second-order valence-electron chi connectivity index (χ2n) is 6.81. The smallest absolute Gasteiger partial charge is 0.146 e. The van der Waals surface area contributed by atoms with Crippen molar-refractivity contribution in [3.63, 3.8) is 0 Å². The molecular weight excluding hydrogens is 314 g/mol. The summed E-state index contributed by atoms with van der Waals surface area (Å²) in [5.41, 5.74) is 2.26. The van der Waals surface area contributed by atoms with Crippen molar-refractivity contribution in [2.24, 2.45) is 0 Å². The average Bonchev–Trinajstić information content (AvgIpc) is 2.65. The quantitative estimate of drug-likeness (QED) is 0.647. The van der Waals surface area contributed by atoms with E-state index in [2.05, 4.69) is 24.1 Å². The van der Waals surface area contributed by atoms with Crippen LogP contribution in [0.15, 0.2) is 54.6 Å². The maximum absolute atomic E-state index is 11.8. The molecule has 0 radical (unpaired) electrons. The van der Waals surface area contributed by atoms with Gasteiger partial charge >= 0.3 is 0 Å². The summed E-state index contributed by atoms with van der Waals surface area (Å²) in [6, 6.07) is 18.4. The molecule has 4 heteroatoms. The number of nitrogens with zero attached hydrogens (tertiary/aromatic N) is 1. The van der Waals surface area contributed by atoms with Gasteiger partial charge in [-0.3, -0.25) is 0 Å². The third kappa shape index (κ3) is 3.93. The molecule has 1 aliphatic rings. The Kier molecular flexibility index (Phi) is 5.86.